The lowest BCUT2D eigenvalue weighted by Gasteiger charge is -1.94. The molecule has 3 heteroatoms. The molecule has 1 atom stereocenters. The molecule has 0 saturated carbocycles. The number of fused-ring (bicyclic) bond motifs is 1. The first-order chi connectivity index (χ1) is 4.92. The summed E-state index contributed by atoms with van der Waals surface area (Å²) in [7, 11) is 0. The lowest BCUT2D eigenvalue weighted by molar-refractivity contribution is -0.108. The standard InChI is InChI=1S/C7H6N2O/c10-4-6-7-2-1-3-9(7)5-8-6/h1-6H/p+1. The second kappa shape index (κ2) is 1.80. The van der Waals surface area contributed by atoms with Crippen LogP contribution in [-0.4, -0.2) is 17.2 Å². The van der Waals surface area contributed by atoms with Crippen LogP contribution in [0.15, 0.2) is 23.3 Å². The maximum absolute atomic E-state index is 10.3. The van der Waals surface area contributed by atoms with Crippen molar-refractivity contribution in [2.45, 2.75) is 6.04 Å². The van der Waals surface area contributed by atoms with E-state index in [4.69, 9.17) is 0 Å². The minimum atomic E-state index is -0.269. The quantitative estimate of drug-likeness (QED) is 0.523. The predicted molar refractivity (Wildman–Crippen MR) is 38.2 cm³/mol. The highest BCUT2D eigenvalue weighted by atomic mass is 16.1. The van der Waals surface area contributed by atoms with Crippen molar-refractivity contribution in [2.75, 3.05) is 0 Å². The van der Waals surface area contributed by atoms with Crippen molar-refractivity contribution < 1.29 is 6.22 Å². The van der Waals surface area contributed by atoms with Crippen LogP contribution in [0.1, 0.15) is 13.2 Å². The van der Waals surface area contributed by atoms with Crippen LogP contribution < -0.4 is 0 Å². The van der Waals surface area contributed by atoms with Gasteiger partial charge in [0.15, 0.2) is 6.29 Å². The summed E-state index contributed by atoms with van der Waals surface area (Å²) in [6, 6.07) is 3.53. The average Bonchev–Trinajstić information content (AvgIpc) is 2.44. The topological polar surface area (TPSA) is 34.4 Å². The van der Waals surface area contributed by atoms with Gasteiger partial charge < -0.3 is 9.36 Å². The molecule has 0 bridgehead atoms. The molecule has 1 aromatic rings. The summed E-state index contributed by atoms with van der Waals surface area (Å²) in [6.45, 7) is 0. The van der Waals surface area contributed by atoms with Crippen LogP contribution in [0.4, 0.5) is 0 Å². The van der Waals surface area contributed by atoms with Gasteiger partial charge in [-0.25, -0.2) is 0 Å². The van der Waals surface area contributed by atoms with E-state index >= 15 is 0 Å². The van der Waals surface area contributed by atoms with Crippen LogP contribution in [-0.2, 0) is 4.79 Å². The van der Waals surface area contributed by atoms with Gasteiger partial charge in [0.25, 0.3) is 0 Å². The maximum atomic E-state index is 10.3. The van der Waals surface area contributed by atoms with Gasteiger partial charge in [-0.1, -0.05) is 0 Å². The first-order valence-corrected chi connectivity index (χ1v) is 3.07. The highest BCUT2D eigenvalue weighted by molar-refractivity contribution is 5.73. The number of hydrogen-bond donors (Lipinski definition) is 0. The predicted octanol–water partition coefficient (Wildman–Crippen LogP) is 0.731. The van der Waals surface area contributed by atoms with Gasteiger partial charge >= 0.3 is 1.43 Å². The van der Waals surface area contributed by atoms with Gasteiger partial charge in [0.1, 0.15) is 6.04 Å². The van der Waals surface area contributed by atoms with E-state index in [0.29, 0.717) is 0 Å². The number of aliphatic imine (C=N–C) groups is 1. The fourth-order valence-corrected chi connectivity index (χ4v) is 1.09. The molecule has 0 aromatic carbocycles. The molecule has 1 unspecified atom stereocenters. The first-order valence-electron chi connectivity index (χ1n) is 3.07. The molecule has 0 fully saturated rings. The number of hydrogen-bond acceptors (Lipinski definition) is 2. The fraction of sp³-hybridized carbons (Fsp3) is 0.143. The Labute approximate surface area is 59.5 Å². The third-order valence-electron chi connectivity index (χ3n) is 1.60. The summed E-state index contributed by atoms with van der Waals surface area (Å²) in [5.41, 5.74) is 0.954. The van der Waals surface area contributed by atoms with Crippen molar-refractivity contribution in [1.82, 2.24) is 4.57 Å². The van der Waals surface area contributed by atoms with Gasteiger partial charge in [-0.15, -0.1) is 0 Å². The Morgan fingerprint density at radius 2 is 2.70 bits per heavy atom. The summed E-state index contributed by atoms with van der Waals surface area (Å²) < 4.78 is 1.85. The van der Waals surface area contributed by atoms with E-state index in [1.165, 1.54) is 0 Å². The van der Waals surface area contributed by atoms with Crippen molar-refractivity contribution >= 4 is 12.6 Å². The van der Waals surface area contributed by atoms with Crippen LogP contribution in [0.25, 0.3) is 0 Å². The molecule has 1 aliphatic heterocycles. The summed E-state index contributed by atoms with van der Waals surface area (Å²) in [6.07, 6.45) is 4.38. The minimum absolute atomic E-state index is 0. The van der Waals surface area contributed by atoms with E-state index in [1.54, 1.807) is 6.34 Å². The van der Waals surface area contributed by atoms with Gasteiger partial charge in [-0.3, -0.25) is 4.99 Å². The van der Waals surface area contributed by atoms with Gasteiger partial charge in [0, 0.05) is 6.20 Å². The number of aldehydes is 1. The molecule has 0 spiro atoms. The van der Waals surface area contributed by atoms with E-state index in [2.05, 4.69) is 4.99 Å². The van der Waals surface area contributed by atoms with Crippen molar-refractivity contribution in [3.63, 3.8) is 0 Å². The summed E-state index contributed by atoms with van der Waals surface area (Å²) >= 11 is 0. The van der Waals surface area contributed by atoms with Crippen LogP contribution in [0.2, 0.25) is 0 Å². The molecule has 2 rings (SSSR count). The van der Waals surface area contributed by atoms with Crippen LogP contribution in [0.3, 0.4) is 0 Å². The molecule has 0 N–H and O–H groups in total. The largest absolute Gasteiger partial charge is 1.00 e. The molecule has 3 nitrogen and oxygen atoms in total. The normalized spacial score (nSPS) is 21.0. The third kappa shape index (κ3) is 0.543. The monoisotopic (exact) mass is 135 g/mol. The maximum Gasteiger partial charge on any atom is 1.00 e. The molecule has 0 amide bonds. The van der Waals surface area contributed by atoms with Gasteiger partial charge in [-0.2, -0.15) is 0 Å². The zero-order valence-corrected chi connectivity index (χ0v) is 5.27. The number of rotatable bonds is 1. The molecule has 50 valence electrons. The van der Waals surface area contributed by atoms with Crippen molar-refractivity contribution in [3.8, 4) is 0 Å². The molecule has 0 aliphatic carbocycles. The molecule has 1 aliphatic rings. The fourth-order valence-electron chi connectivity index (χ4n) is 1.09. The third-order valence-corrected chi connectivity index (χ3v) is 1.60. The SMILES string of the molecule is O=CC1N=Cn2cccc21.[H+]. The Bertz CT molecular complexity index is 292. The lowest BCUT2D eigenvalue weighted by atomic mass is 10.2. The van der Waals surface area contributed by atoms with E-state index in [1.807, 2.05) is 22.9 Å². The van der Waals surface area contributed by atoms with Crippen LogP contribution in [0.5, 0.6) is 0 Å². The van der Waals surface area contributed by atoms with Crippen LogP contribution >= 0.6 is 0 Å². The molecule has 10 heavy (non-hydrogen) atoms. The van der Waals surface area contributed by atoms with Gasteiger partial charge in [0.2, 0.25) is 0 Å². The number of aromatic nitrogens is 1. The number of carbonyl (C=O) groups excluding carboxylic acids is 1. The Morgan fingerprint density at radius 3 is 3.50 bits per heavy atom. The van der Waals surface area contributed by atoms with Crippen molar-refractivity contribution in [1.29, 1.82) is 0 Å². The van der Waals surface area contributed by atoms with Crippen LogP contribution in [0, 0.1) is 0 Å². The second-order valence-corrected chi connectivity index (χ2v) is 2.19. The molecular weight excluding hydrogens is 128 g/mol. The lowest BCUT2D eigenvalue weighted by Crippen LogP contribution is -1.94. The van der Waals surface area contributed by atoms with Gasteiger partial charge in [0.05, 0.1) is 12.0 Å². The van der Waals surface area contributed by atoms with Gasteiger partial charge in [-0.05, 0) is 12.1 Å². The highest BCUT2D eigenvalue weighted by Gasteiger charge is 2.15. The smallest absolute Gasteiger partial charge is 0.309 e. The first kappa shape index (κ1) is 5.41. The zero-order chi connectivity index (χ0) is 6.97. The van der Waals surface area contributed by atoms with Crippen molar-refractivity contribution in [2.24, 2.45) is 4.99 Å². The molecule has 1 aromatic heterocycles. The number of carbonyl (C=O) groups is 1. The minimum Gasteiger partial charge on any atom is -0.309 e. The Hall–Kier alpha value is -1.38. The van der Waals surface area contributed by atoms with E-state index in [9.17, 15) is 4.79 Å². The number of nitrogens with zero attached hydrogens (tertiary/aromatic N) is 2. The average molecular weight is 135 g/mol. The highest BCUT2D eigenvalue weighted by Crippen LogP contribution is 2.18. The summed E-state index contributed by atoms with van der Waals surface area (Å²) in [5.74, 6) is 0. The zero-order valence-electron chi connectivity index (χ0n) is 6.27. The molecule has 0 saturated heterocycles. The summed E-state index contributed by atoms with van der Waals surface area (Å²) in [4.78, 5) is 14.3. The molecular formula is C7H7N2O+. The Morgan fingerprint density at radius 1 is 1.80 bits per heavy atom. The molecule has 0 radical (unpaired) electrons. The van der Waals surface area contributed by atoms with E-state index in [0.717, 1.165) is 12.0 Å². The Kier molecular flexibility index (Phi) is 0.974. The molecule has 2 heterocycles. The van der Waals surface area contributed by atoms with Crippen molar-refractivity contribution in [3.05, 3.63) is 24.0 Å². The Balaban J connectivity index is 0.000000605. The second-order valence-electron chi connectivity index (χ2n) is 2.19. The summed E-state index contributed by atoms with van der Waals surface area (Å²) in [5, 5.41) is 0. The van der Waals surface area contributed by atoms with E-state index in [-0.39, 0.29) is 7.47 Å². The van der Waals surface area contributed by atoms with E-state index < -0.39 is 0 Å².